The third kappa shape index (κ3) is 4.50. The molecule has 0 radical (unpaired) electrons. The molecule has 2 aromatic carbocycles. The molecule has 0 atom stereocenters. The molecule has 0 saturated carbocycles. The van der Waals surface area contributed by atoms with E-state index in [-0.39, 0.29) is 11.4 Å². The van der Waals surface area contributed by atoms with E-state index < -0.39 is 11.9 Å². The lowest BCUT2D eigenvalue weighted by Gasteiger charge is -2.13. The summed E-state index contributed by atoms with van der Waals surface area (Å²) in [5.41, 5.74) is 2.72. The summed E-state index contributed by atoms with van der Waals surface area (Å²) < 4.78 is 39.8. The first-order valence-electron chi connectivity index (χ1n) is 11.3. The minimum absolute atomic E-state index is 0.235. The van der Waals surface area contributed by atoms with Crippen LogP contribution in [0.25, 0.3) is 38.9 Å². The first kappa shape index (κ1) is 23.2. The molecule has 6 rings (SSSR count). The Morgan fingerprint density at radius 3 is 2.68 bits per heavy atom. The van der Waals surface area contributed by atoms with Crippen LogP contribution in [0.15, 0.2) is 79.8 Å². The van der Waals surface area contributed by atoms with Gasteiger partial charge in [-0.25, -0.2) is 9.97 Å². The van der Waals surface area contributed by atoms with Crippen molar-refractivity contribution in [3.05, 3.63) is 91.2 Å². The topological polar surface area (TPSA) is 120 Å². The van der Waals surface area contributed by atoms with Crippen LogP contribution in [0.5, 0.6) is 0 Å². The summed E-state index contributed by atoms with van der Waals surface area (Å²) in [7, 11) is 0. The molecule has 188 valence electrons. The highest BCUT2D eigenvalue weighted by Crippen LogP contribution is 2.34. The molecule has 0 aliphatic carbocycles. The summed E-state index contributed by atoms with van der Waals surface area (Å²) in [4.78, 5) is 12.2. The number of rotatable bonds is 6. The molecule has 0 fully saturated rings. The summed E-state index contributed by atoms with van der Waals surface area (Å²) in [6.45, 7) is 3.89. The van der Waals surface area contributed by atoms with Gasteiger partial charge in [0.05, 0.1) is 35.0 Å². The maximum Gasteiger partial charge on any atom is 0.437 e. The molecular formula is C26H18F3N9. The zero-order chi connectivity index (χ0) is 26.3. The van der Waals surface area contributed by atoms with Gasteiger partial charge in [-0.1, -0.05) is 18.7 Å². The number of alkyl halides is 3. The Morgan fingerprint density at radius 1 is 0.921 bits per heavy atom. The molecule has 12 heteroatoms. The van der Waals surface area contributed by atoms with Crippen LogP contribution in [0.3, 0.4) is 0 Å². The van der Waals surface area contributed by atoms with Gasteiger partial charge in [-0.15, -0.1) is 5.10 Å². The highest BCUT2D eigenvalue weighted by Gasteiger charge is 2.36. The maximum atomic E-state index is 13.3. The quantitative estimate of drug-likeness (QED) is 0.211. The summed E-state index contributed by atoms with van der Waals surface area (Å²) in [6.07, 6.45) is -0.0556. The van der Waals surface area contributed by atoms with E-state index in [1.54, 1.807) is 24.5 Å². The average Bonchev–Trinajstić information content (AvgIpc) is 3.55. The molecule has 38 heavy (non-hydrogen) atoms. The van der Waals surface area contributed by atoms with Crippen molar-refractivity contribution in [2.45, 2.75) is 6.18 Å². The van der Waals surface area contributed by atoms with Crippen LogP contribution in [0.4, 0.5) is 30.4 Å². The number of halogens is 3. The van der Waals surface area contributed by atoms with E-state index in [2.05, 4.69) is 52.6 Å². The Hall–Kier alpha value is -5.26. The summed E-state index contributed by atoms with van der Waals surface area (Å²) in [5, 5.41) is 21.3. The minimum atomic E-state index is -4.65. The number of H-pyrrole nitrogens is 2. The van der Waals surface area contributed by atoms with E-state index >= 15 is 0 Å². The van der Waals surface area contributed by atoms with Gasteiger partial charge in [0.25, 0.3) is 0 Å². The van der Waals surface area contributed by atoms with Crippen LogP contribution in [-0.4, -0.2) is 35.3 Å². The molecule has 4 N–H and O–H groups in total. The Morgan fingerprint density at radius 2 is 1.82 bits per heavy atom. The molecule has 4 aromatic heterocycles. The second-order valence-electron chi connectivity index (χ2n) is 8.44. The van der Waals surface area contributed by atoms with Crippen LogP contribution in [0.1, 0.15) is 11.4 Å². The highest BCUT2D eigenvalue weighted by molar-refractivity contribution is 5.89. The molecule has 0 spiro atoms. The average molecular weight is 513 g/mol. The summed E-state index contributed by atoms with van der Waals surface area (Å²) in [5.74, 6) is 1.13. The minimum Gasteiger partial charge on any atom is -0.353 e. The largest absolute Gasteiger partial charge is 0.437 e. The van der Waals surface area contributed by atoms with Crippen LogP contribution in [0, 0.1) is 0 Å². The predicted molar refractivity (Wildman–Crippen MR) is 138 cm³/mol. The summed E-state index contributed by atoms with van der Waals surface area (Å²) >= 11 is 0. The van der Waals surface area contributed by atoms with Gasteiger partial charge in [-0.05, 0) is 42.5 Å². The van der Waals surface area contributed by atoms with Gasteiger partial charge in [0.1, 0.15) is 5.82 Å². The molecule has 0 saturated heterocycles. The SMILES string of the molecule is C=C(Nc1ccnnc1C(F)(F)F)c1cc2ccc(-c3nccc(Nc4ccc5[nH]ncc5c4)n3)cc2[nH]1. The first-order chi connectivity index (χ1) is 18.3. The molecule has 0 aliphatic heterocycles. The van der Waals surface area contributed by atoms with E-state index in [1.807, 2.05) is 36.4 Å². The van der Waals surface area contributed by atoms with Crippen LogP contribution in [-0.2, 0) is 6.18 Å². The Kier molecular flexibility index (Phi) is 5.48. The smallest absolute Gasteiger partial charge is 0.353 e. The number of aromatic amines is 2. The number of fused-ring (bicyclic) bond motifs is 2. The third-order valence-corrected chi connectivity index (χ3v) is 5.85. The number of benzene rings is 2. The third-order valence-electron chi connectivity index (χ3n) is 5.85. The van der Waals surface area contributed by atoms with E-state index in [0.29, 0.717) is 17.3 Å². The lowest BCUT2D eigenvalue weighted by molar-refractivity contribution is -0.141. The molecule has 0 bridgehead atoms. The fraction of sp³-hybridized carbons (Fsp3) is 0.0385. The predicted octanol–water partition coefficient (Wildman–Crippen LogP) is 6.14. The van der Waals surface area contributed by atoms with Crippen molar-refractivity contribution in [1.29, 1.82) is 0 Å². The molecule has 4 heterocycles. The normalized spacial score (nSPS) is 11.7. The maximum absolute atomic E-state index is 13.3. The molecule has 0 unspecified atom stereocenters. The monoisotopic (exact) mass is 513 g/mol. The molecule has 6 aromatic rings. The van der Waals surface area contributed by atoms with Crippen molar-refractivity contribution in [1.82, 2.24) is 35.3 Å². The standard InChI is InChI=1S/C26H18F3N9/c1-14(33-20-6-9-31-38-24(20)26(27,28)29)21-11-15-2-3-16(12-22(15)35-21)25-30-8-7-23(36-25)34-18-4-5-19-17(10-18)13-32-37-19/h2-13,35H,1H2,(H,31,33)(H,32,37)(H,30,34,36). The van der Waals surface area contributed by atoms with Gasteiger partial charge in [0.15, 0.2) is 11.5 Å². The van der Waals surface area contributed by atoms with Gasteiger partial charge < -0.3 is 15.6 Å². The zero-order valence-electron chi connectivity index (χ0n) is 19.5. The van der Waals surface area contributed by atoms with Gasteiger partial charge in [0, 0.05) is 33.7 Å². The number of hydrogen-bond acceptors (Lipinski definition) is 7. The Labute approximate surface area is 212 Å². The number of aromatic nitrogens is 7. The lowest BCUT2D eigenvalue weighted by Crippen LogP contribution is -2.13. The zero-order valence-corrected chi connectivity index (χ0v) is 19.5. The Balaban J connectivity index is 1.24. The Bertz CT molecular complexity index is 1800. The van der Waals surface area contributed by atoms with Gasteiger partial charge >= 0.3 is 6.18 Å². The number of hydrogen-bond donors (Lipinski definition) is 4. The van der Waals surface area contributed by atoms with Gasteiger partial charge in [-0.3, -0.25) is 5.10 Å². The summed E-state index contributed by atoms with van der Waals surface area (Å²) in [6, 6.07) is 16.2. The van der Waals surface area contributed by atoms with Crippen LogP contribution in [0.2, 0.25) is 0 Å². The second-order valence-corrected chi connectivity index (χ2v) is 8.44. The van der Waals surface area contributed by atoms with Crippen molar-refractivity contribution in [2.24, 2.45) is 0 Å². The fourth-order valence-corrected chi connectivity index (χ4v) is 4.04. The molecule has 0 amide bonds. The van der Waals surface area contributed by atoms with Crippen molar-refractivity contribution in [2.75, 3.05) is 10.6 Å². The van der Waals surface area contributed by atoms with E-state index in [0.717, 1.165) is 33.1 Å². The van der Waals surface area contributed by atoms with Crippen molar-refractivity contribution >= 4 is 44.7 Å². The van der Waals surface area contributed by atoms with Crippen molar-refractivity contribution in [3.63, 3.8) is 0 Å². The van der Waals surface area contributed by atoms with Gasteiger partial charge in [0.2, 0.25) is 0 Å². The highest BCUT2D eigenvalue weighted by atomic mass is 19.4. The molecule has 9 nitrogen and oxygen atoms in total. The number of anilines is 3. The van der Waals surface area contributed by atoms with E-state index in [1.165, 1.54) is 12.3 Å². The van der Waals surface area contributed by atoms with E-state index in [4.69, 9.17) is 0 Å². The number of nitrogens with one attached hydrogen (secondary N) is 4. The first-order valence-corrected chi connectivity index (χ1v) is 11.3. The number of nitrogens with zero attached hydrogens (tertiary/aromatic N) is 5. The van der Waals surface area contributed by atoms with Gasteiger partial charge in [-0.2, -0.15) is 23.4 Å². The second kappa shape index (κ2) is 9.00. The van der Waals surface area contributed by atoms with Crippen molar-refractivity contribution < 1.29 is 13.2 Å². The van der Waals surface area contributed by atoms with E-state index in [9.17, 15) is 13.2 Å². The molecule has 0 aliphatic rings. The van der Waals surface area contributed by atoms with Crippen LogP contribution < -0.4 is 10.6 Å². The fourth-order valence-electron chi connectivity index (χ4n) is 4.04. The van der Waals surface area contributed by atoms with Crippen molar-refractivity contribution in [3.8, 4) is 11.4 Å². The van der Waals surface area contributed by atoms with Crippen LogP contribution >= 0.6 is 0 Å². The lowest BCUT2D eigenvalue weighted by atomic mass is 10.1. The molecular weight excluding hydrogens is 495 g/mol.